The standard InChI is InChI=1S/C9H4BrClFN3OS/c10-5-3-4(1-2-6(5)12)13-9(16)7-8(11)15-17-14-7/h1-3H,(H,13,16). The van der Waals surface area contributed by atoms with Crippen molar-refractivity contribution >= 4 is 50.9 Å². The highest BCUT2D eigenvalue weighted by molar-refractivity contribution is 9.10. The molecule has 8 heteroatoms. The monoisotopic (exact) mass is 335 g/mol. The van der Waals surface area contributed by atoms with E-state index in [1.807, 2.05) is 0 Å². The lowest BCUT2D eigenvalue weighted by molar-refractivity contribution is 0.102. The first-order chi connectivity index (χ1) is 8.08. The van der Waals surface area contributed by atoms with Crippen molar-refractivity contribution in [3.05, 3.63) is 39.3 Å². The molecule has 4 nitrogen and oxygen atoms in total. The topological polar surface area (TPSA) is 54.9 Å². The van der Waals surface area contributed by atoms with E-state index in [4.69, 9.17) is 11.6 Å². The van der Waals surface area contributed by atoms with Gasteiger partial charge in [-0.3, -0.25) is 4.79 Å². The maximum absolute atomic E-state index is 13.0. The Hall–Kier alpha value is -1.05. The Morgan fingerprint density at radius 3 is 2.82 bits per heavy atom. The zero-order valence-electron chi connectivity index (χ0n) is 8.08. The predicted molar refractivity (Wildman–Crippen MR) is 67.0 cm³/mol. The SMILES string of the molecule is O=C(Nc1ccc(F)c(Br)c1)c1nsnc1Cl. The van der Waals surface area contributed by atoms with Gasteiger partial charge in [0.25, 0.3) is 5.91 Å². The first kappa shape index (κ1) is 12.4. The van der Waals surface area contributed by atoms with E-state index in [0.717, 1.165) is 11.7 Å². The minimum absolute atomic E-state index is 0.0497. The van der Waals surface area contributed by atoms with Gasteiger partial charge in [0.1, 0.15) is 5.82 Å². The molecule has 0 saturated heterocycles. The highest BCUT2D eigenvalue weighted by Crippen LogP contribution is 2.21. The zero-order valence-corrected chi connectivity index (χ0v) is 11.2. The molecular weight excluding hydrogens is 333 g/mol. The number of carbonyl (C=O) groups excluding carboxylic acids is 1. The summed E-state index contributed by atoms with van der Waals surface area (Å²) in [5.41, 5.74) is 0.490. The van der Waals surface area contributed by atoms with Gasteiger partial charge in [-0.1, -0.05) is 11.6 Å². The maximum atomic E-state index is 13.0. The summed E-state index contributed by atoms with van der Waals surface area (Å²) in [5.74, 6) is -0.890. The van der Waals surface area contributed by atoms with Crippen LogP contribution < -0.4 is 5.32 Å². The number of hydrogen-bond acceptors (Lipinski definition) is 4. The lowest BCUT2D eigenvalue weighted by Crippen LogP contribution is -2.12. The zero-order chi connectivity index (χ0) is 12.4. The van der Waals surface area contributed by atoms with Gasteiger partial charge in [-0.2, -0.15) is 8.75 Å². The smallest absolute Gasteiger partial charge is 0.278 e. The second kappa shape index (κ2) is 5.07. The second-order valence-electron chi connectivity index (χ2n) is 2.99. The largest absolute Gasteiger partial charge is 0.320 e. The molecule has 1 heterocycles. The Morgan fingerprint density at radius 2 is 2.24 bits per heavy atom. The van der Waals surface area contributed by atoms with Crippen LogP contribution in [0.15, 0.2) is 22.7 Å². The molecule has 0 radical (unpaired) electrons. The Morgan fingerprint density at radius 1 is 1.47 bits per heavy atom. The minimum Gasteiger partial charge on any atom is -0.320 e. The molecule has 0 bridgehead atoms. The summed E-state index contributed by atoms with van der Waals surface area (Å²) in [6.45, 7) is 0. The van der Waals surface area contributed by atoms with Gasteiger partial charge in [0.15, 0.2) is 10.8 Å². The third kappa shape index (κ3) is 2.80. The number of rotatable bonds is 2. The van der Waals surface area contributed by atoms with Crippen molar-refractivity contribution in [1.82, 2.24) is 8.75 Å². The molecule has 1 amide bonds. The lowest BCUT2D eigenvalue weighted by atomic mass is 10.3. The fraction of sp³-hybridized carbons (Fsp3) is 0. The second-order valence-corrected chi connectivity index (χ2v) is 4.73. The normalized spacial score (nSPS) is 10.3. The van der Waals surface area contributed by atoms with E-state index >= 15 is 0 Å². The molecule has 2 rings (SSSR count). The van der Waals surface area contributed by atoms with Crippen LogP contribution in [0.25, 0.3) is 0 Å². The van der Waals surface area contributed by atoms with Crippen molar-refractivity contribution in [1.29, 1.82) is 0 Å². The molecule has 0 saturated carbocycles. The van der Waals surface area contributed by atoms with Gasteiger partial charge in [-0.05, 0) is 34.1 Å². The third-order valence-electron chi connectivity index (χ3n) is 1.84. The lowest BCUT2D eigenvalue weighted by Gasteiger charge is -2.04. The molecular formula is C9H4BrClFN3OS. The maximum Gasteiger partial charge on any atom is 0.278 e. The number of hydrogen-bond donors (Lipinski definition) is 1. The van der Waals surface area contributed by atoms with Crippen LogP contribution >= 0.6 is 39.3 Å². The van der Waals surface area contributed by atoms with E-state index in [9.17, 15) is 9.18 Å². The van der Waals surface area contributed by atoms with E-state index in [1.165, 1.54) is 18.2 Å². The molecule has 0 unspecified atom stereocenters. The molecule has 0 atom stereocenters. The molecule has 0 spiro atoms. The average Bonchev–Trinajstić information content (AvgIpc) is 2.70. The van der Waals surface area contributed by atoms with Crippen molar-refractivity contribution in [3.63, 3.8) is 0 Å². The van der Waals surface area contributed by atoms with Crippen molar-refractivity contribution in [3.8, 4) is 0 Å². The summed E-state index contributed by atoms with van der Waals surface area (Å²) in [6.07, 6.45) is 0. The summed E-state index contributed by atoms with van der Waals surface area (Å²) >= 11 is 9.53. The van der Waals surface area contributed by atoms with E-state index in [1.54, 1.807) is 0 Å². The molecule has 88 valence electrons. The Labute approximate surface area is 113 Å². The number of carbonyl (C=O) groups is 1. The number of halogens is 3. The fourth-order valence-corrected chi connectivity index (χ4v) is 2.18. The molecule has 1 N–H and O–H groups in total. The van der Waals surface area contributed by atoms with Crippen molar-refractivity contribution in [2.24, 2.45) is 0 Å². The van der Waals surface area contributed by atoms with Gasteiger partial charge in [0.05, 0.1) is 16.2 Å². The summed E-state index contributed by atoms with van der Waals surface area (Å²) in [6, 6.07) is 4.12. The molecule has 0 aliphatic carbocycles. The summed E-state index contributed by atoms with van der Waals surface area (Å²) in [7, 11) is 0. The van der Waals surface area contributed by atoms with Gasteiger partial charge in [0.2, 0.25) is 0 Å². The number of benzene rings is 1. The van der Waals surface area contributed by atoms with Crippen LogP contribution in [0.5, 0.6) is 0 Å². The molecule has 17 heavy (non-hydrogen) atoms. The third-order valence-corrected chi connectivity index (χ3v) is 3.34. The van der Waals surface area contributed by atoms with E-state index in [2.05, 4.69) is 30.0 Å². The van der Waals surface area contributed by atoms with Crippen LogP contribution in [-0.2, 0) is 0 Å². The number of nitrogens with one attached hydrogen (secondary N) is 1. The van der Waals surface area contributed by atoms with E-state index in [0.29, 0.717) is 5.69 Å². The van der Waals surface area contributed by atoms with Crippen LogP contribution in [0, 0.1) is 5.82 Å². The molecule has 1 aromatic carbocycles. The number of aromatic nitrogens is 2. The molecule has 0 aliphatic rings. The predicted octanol–water partition coefficient (Wildman–Crippen LogP) is 3.35. The van der Waals surface area contributed by atoms with Crippen molar-refractivity contribution in [2.75, 3.05) is 5.32 Å². The van der Waals surface area contributed by atoms with Gasteiger partial charge in [0, 0.05) is 5.69 Å². The minimum atomic E-state index is -0.484. The fourth-order valence-electron chi connectivity index (χ4n) is 1.08. The first-order valence-electron chi connectivity index (χ1n) is 4.32. The molecule has 1 aromatic heterocycles. The van der Waals surface area contributed by atoms with Crippen LogP contribution in [0.4, 0.5) is 10.1 Å². The number of amides is 1. The molecule has 0 fully saturated rings. The van der Waals surface area contributed by atoms with E-state index < -0.39 is 11.7 Å². The van der Waals surface area contributed by atoms with Crippen molar-refractivity contribution < 1.29 is 9.18 Å². The summed E-state index contributed by atoms with van der Waals surface area (Å²) in [5, 5.41) is 2.59. The first-order valence-corrected chi connectivity index (χ1v) is 6.22. The van der Waals surface area contributed by atoms with Gasteiger partial charge in [-0.15, -0.1) is 0 Å². The number of nitrogens with zero attached hydrogens (tertiary/aromatic N) is 2. The van der Waals surface area contributed by atoms with Crippen LogP contribution in [0.1, 0.15) is 10.5 Å². The number of anilines is 1. The summed E-state index contributed by atoms with van der Waals surface area (Å²) < 4.78 is 20.7. The van der Waals surface area contributed by atoms with Gasteiger partial charge < -0.3 is 5.32 Å². The van der Waals surface area contributed by atoms with Gasteiger partial charge in [-0.25, -0.2) is 4.39 Å². The summed E-state index contributed by atoms with van der Waals surface area (Å²) in [4.78, 5) is 11.7. The Kier molecular flexibility index (Phi) is 3.70. The highest BCUT2D eigenvalue weighted by Gasteiger charge is 2.15. The average molecular weight is 337 g/mol. The van der Waals surface area contributed by atoms with Crippen LogP contribution in [0.3, 0.4) is 0 Å². The Balaban J connectivity index is 2.19. The quantitative estimate of drug-likeness (QED) is 0.915. The van der Waals surface area contributed by atoms with E-state index in [-0.39, 0.29) is 15.3 Å². The molecule has 0 aliphatic heterocycles. The van der Waals surface area contributed by atoms with Gasteiger partial charge >= 0.3 is 0 Å². The Bertz CT molecular complexity index is 577. The van der Waals surface area contributed by atoms with Crippen molar-refractivity contribution in [2.45, 2.75) is 0 Å². The van der Waals surface area contributed by atoms with Crippen LogP contribution in [0.2, 0.25) is 5.15 Å². The highest BCUT2D eigenvalue weighted by atomic mass is 79.9. The molecule has 2 aromatic rings. The van der Waals surface area contributed by atoms with Crippen LogP contribution in [-0.4, -0.2) is 14.7 Å².